The number of halogens is 3. The lowest BCUT2D eigenvalue weighted by atomic mass is 10.1. The monoisotopic (exact) mass is 515 g/mol. The minimum atomic E-state index is -0.493. The number of aromatic nitrogens is 1. The number of ether oxygens (including phenoxy) is 2. The second kappa shape index (κ2) is 9.18. The van der Waals surface area contributed by atoms with Gasteiger partial charge in [0.25, 0.3) is 5.91 Å². The zero-order valence-electron chi connectivity index (χ0n) is 17.8. The summed E-state index contributed by atoms with van der Waals surface area (Å²) < 4.78 is 26.4. The molecule has 178 valence electrons. The van der Waals surface area contributed by atoms with Gasteiger partial charge in [0.2, 0.25) is 5.88 Å². The summed E-state index contributed by atoms with van der Waals surface area (Å²) in [7, 11) is 0. The van der Waals surface area contributed by atoms with Crippen molar-refractivity contribution in [2.24, 2.45) is 5.18 Å². The van der Waals surface area contributed by atoms with E-state index in [2.05, 4.69) is 10.5 Å². The van der Waals surface area contributed by atoms with Crippen LogP contribution in [0.4, 0.5) is 15.8 Å². The van der Waals surface area contributed by atoms with Gasteiger partial charge in [-0.25, -0.2) is 4.39 Å². The number of carbonyl (C=O) groups is 1. The van der Waals surface area contributed by atoms with Crippen molar-refractivity contribution in [2.75, 3.05) is 12.1 Å². The van der Waals surface area contributed by atoms with Crippen LogP contribution in [-0.2, 0) is 17.9 Å². The number of aromatic hydroxyl groups is 1. The van der Waals surface area contributed by atoms with Crippen molar-refractivity contribution in [2.45, 2.75) is 13.2 Å². The van der Waals surface area contributed by atoms with Gasteiger partial charge in [-0.05, 0) is 53.7 Å². The zero-order chi connectivity index (χ0) is 24.7. The zero-order valence-corrected chi connectivity index (χ0v) is 19.4. The standard InChI is InChI=1S/C24H16Cl2FN3O5/c25-18-4-1-12(7-19(18)26)23(31)28-16-2-3-17-20(8-16)30(24(32)21(17)29-33)9-13-5-15(27)6-14-10-34-11-35-22(13)14/h1-8,32H,9-11H2,(H,28,31). The topological polar surface area (TPSA) is 102 Å². The molecule has 3 aromatic carbocycles. The normalized spacial score (nSPS) is 12.8. The van der Waals surface area contributed by atoms with E-state index >= 15 is 0 Å². The summed E-state index contributed by atoms with van der Waals surface area (Å²) in [5, 5.41) is 17.4. The Bertz CT molecular complexity index is 1500. The van der Waals surface area contributed by atoms with Crippen LogP contribution in [0.15, 0.2) is 53.7 Å². The van der Waals surface area contributed by atoms with Gasteiger partial charge in [0.15, 0.2) is 12.5 Å². The number of rotatable bonds is 5. The van der Waals surface area contributed by atoms with Crippen molar-refractivity contribution >= 4 is 51.4 Å². The quantitative estimate of drug-likeness (QED) is 0.301. The molecule has 2 N–H and O–H groups in total. The number of nitrogens with one attached hydrogen (secondary N) is 1. The van der Waals surface area contributed by atoms with E-state index in [-0.39, 0.29) is 30.7 Å². The highest BCUT2D eigenvalue weighted by molar-refractivity contribution is 6.42. The fourth-order valence-corrected chi connectivity index (χ4v) is 4.33. The molecule has 2 heterocycles. The molecule has 0 aliphatic carbocycles. The molecular formula is C24H16Cl2FN3O5. The SMILES string of the molecule is O=Nc1c(O)n(Cc2cc(F)cc3c2OCOC3)c2cc(NC(=O)c3ccc(Cl)c(Cl)c3)ccc12. The first-order chi connectivity index (χ1) is 16.9. The van der Waals surface area contributed by atoms with E-state index in [9.17, 15) is 19.2 Å². The maximum absolute atomic E-state index is 14.2. The number of benzene rings is 3. The molecule has 1 aromatic heterocycles. The summed E-state index contributed by atoms with van der Waals surface area (Å²) in [5.41, 5.74) is 1.88. The Kier molecular flexibility index (Phi) is 6.06. The summed E-state index contributed by atoms with van der Waals surface area (Å²) >= 11 is 11.9. The average molecular weight is 516 g/mol. The van der Waals surface area contributed by atoms with Gasteiger partial charge >= 0.3 is 0 Å². The molecule has 0 saturated carbocycles. The molecule has 1 aliphatic heterocycles. The molecule has 0 unspecified atom stereocenters. The molecular weight excluding hydrogens is 500 g/mol. The third-order valence-electron chi connectivity index (χ3n) is 5.62. The highest BCUT2D eigenvalue weighted by Crippen LogP contribution is 2.41. The summed E-state index contributed by atoms with van der Waals surface area (Å²) in [6.07, 6.45) is 0. The van der Waals surface area contributed by atoms with Gasteiger partial charge in [0.05, 0.1) is 28.7 Å². The molecule has 0 saturated heterocycles. The van der Waals surface area contributed by atoms with Crippen LogP contribution in [0.3, 0.4) is 0 Å². The molecule has 0 spiro atoms. The molecule has 11 heteroatoms. The summed E-state index contributed by atoms with van der Waals surface area (Å²) in [5.74, 6) is -0.879. The fourth-order valence-electron chi connectivity index (χ4n) is 4.03. The number of hydrogen-bond acceptors (Lipinski definition) is 6. The van der Waals surface area contributed by atoms with E-state index in [1.807, 2.05) is 0 Å². The van der Waals surface area contributed by atoms with Gasteiger partial charge in [0, 0.05) is 27.8 Å². The molecule has 0 radical (unpaired) electrons. The predicted molar refractivity (Wildman–Crippen MR) is 129 cm³/mol. The smallest absolute Gasteiger partial charge is 0.255 e. The number of fused-ring (bicyclic) bond motifs is 2. The largest absolute Gasteiger partial charge is 0.493 e. The molecule has 0 fully saturated rings. The molecule has 1 aliphatic rings. The van der Waals surface area contributed by atoms with Crippen LogP contribution in [0.2, 0.25) is 10.0 Å². The van der Waals surface area contributed by atoms with E-state index in [1.165, 1.54) is 34.9 Å². The van der Waals surface area contributed by atoms with Crippen LogP contribution in [0, 0.1) is 10.7 Å². The van der Waals surface area contributed by atoms with E-state index in [0.29, 0.717) is 44.1 Å². The fraction of sp³-hybridized carbons (Fsp3) is 0.125. The molecule has 5 rings (SSSR count). The summed E-state index contributed by atoms with van der Waals surface area (Å²) in [6.45, 7) is 0.169. The number of carbonyl (C=O) groups excluding carboxylic acids is 1. The maximum Gasteiger partial charge on any atom is 0.255 e. The molecule has 4 aromatic rings. The van der Waals surface area contributed by atoms with Gasteiger partial charge in [-0.1, -0.05) is 23.2 Å². The van der Waals surface area contributed by atoms with Gasteiger partial charge < -0.3 is 24.5 Å². The Balaban J connectivity index is 1.55. The van der Waals surface area contributed by atoms with Crippen molar-refractivity contribution in [3.05, 3.63) is 86.0 Å². The number of nitroso groups, excluding NO2 is 1. The summed E-state index contributed by atoms with van der Waals surface area (Å²) in [4.78, 5) is 24.2. The molecule has 0 atom stereocenters. The Morgan fingerprint density at radius 3 is 2.74 bits per heavy atom. The minimum absolute atomic E-state index is 0.01000. The second-order valence-electron chi connectivity index (χ2n) is 7.83. The van der Waals surface area contributed by atoms with Crippen molar-refractivity contribution in [1.29, 1.82) is 0 Å². The number of anilines is 1. The second-order valence-corrected chi connectivity index (χ2v) is 8.64. The van der Waals surface area contributed by atoms with E-state index in [0.717, 1.165) is 0 Å². The lowest BCUT2D eigenvalue weighted by Gasteiger charge is -2.21. The van der Waals surface area contributed by atoms with Crippen LogP contribution in [0.1, 0.15) is 21.5 Å². The van der Waals surface area contributed by atoms with Gasteiger partial charge in [-0.15, -0.1) is 4.91 Å². The van der Waals surface area contributed by atoms with E-state index in [4.69, 9.17) is 32.7 Å². The highest BCUT2D eigenvalue weighted by Gasteiger charge is 2.22. The Morgan fingerprint density at radius 1 is 1.14 bits per heavy atom. The lowest BCUT2D eigenvalue weighted by Crippen LogP contribution is -2.15. The van der Waals surface area contributed by atoms with Crippen LogP contribution in [0.25, 0.3) is 10.9 Å². The third-order valence-corrected chi connectivity index (χ3v) is 6.36. The highest BCUT2D eigenvalue weighted by atomic mass is 35.5. The Hall–Kier alpha value is -3.66. The third kappa shape index (κ3) is 4.29. The van der Waals surface area contributed by atoms with E-state index in [1.54, 1.807) is 18.2 Å². The first kappa shape index (κ1) is 23.1. The Morgan fingerprint density at radius 2 is 1.97 bits per heavy atom. The number of hydrogen-bond donors (Lipinski definition) is 2. The summed E-state index contributed by atoms with van der Waals surface area (Å²) in [6, 6.07) is 11.8. The molecule has 1 amide bonds. The molecule has 8 nitrogen and oxygen atoms in total. The molecule has 35 heavy (non-hydrogen) atoms. The van der Waals surface area contributed by atoms with Crippen LogP contribution in [0.5, 0.6) is 11.6 Å². The first-order valence-electron chi connectivity index (χ1n) is 10.3. The maximum atomic E-state index is 14.2. The minimum Gasteiger partial charge on any atom is -0.493 e. The predicted octanol–water partition coefficient (Wildman–Crippen LogP) is 6.36. The van der Waals surface area contributed by atoms with Crippen molar-refractivity contribution in [3.8, 4) is 11.6 Å². The average Bonchev–Trinajstić information content (AvgIpc) is 3.10. The van der Waals surface area contributed by atoms with Crippen molar-refractivity contribution < 1.29 is 23.8 Å². The van der Waals surface area contributed by atoms with Gasteiger partial charge in [-0.3, -0.25) is 4.79 Å². The van der Waals surface area contributed by atoms with Crippen LogP contribution < -0.4 is 10.1 Å². The van der Waals surface area contributed by atoms with Crippen molar-refractivity contribution in [1.82, 2.24) is 4.57 Å². The number of amides is 1. The van der Waals surface area contributed by atoms with Crippen LogP contribution >= 0.6 is 23.2 Å². The van der Waals surface area contributed by atoms with Gasteiger partial charge in [-0.2, -0.15) is 0 Å². The van der Waals surface area contributed by atoms with Gasteiger partial charge in [0.1, 0.15) is 11.6 Å². The lowest BCUT2D eigenvalue weighted by molar-refractivity contribution is -0.0173. The molecule has 0 bridgehead atoms. The Labute approximate surface area is 207 Å². The van der Waals surface area contributed by atoms with Crippen molar-refractivity contribution in [3.63, 3.8) is 0 Å². The number of nitrogens with zero attached hydrogens (tertiary/aromatic N) is 2. The van der Waals surface area contributed by atoms with E-state index < -0.39 is 17.6 Å². The first-order valence-corrected chi connectivity index (χ1v) is 11.1. The van der Waals surface area contributed by atoms with Crippen LogP contribution in [-0.4, -0.2) is 22.4 Å².